The van der Waals surface area contributed by atoms with E-state index in [2.05, 4.69) is 10.0 Å². The molecule has 49 heavy (non-hydrogen) atoms. The van der Waals surface area contributed by atoms with Crippen LogP contribution in [0.4, 0.5) is 9.18 Å². The van der Waals surface area contributed by atoms with Crippen molar-refractivity contribution >= 4 is 46.2 Å². The van der Waals surface area contributed by atoms with E-state index in [1.807, 2.05) is 12.2 Å². The fourth-order valence-corrected chi connectivity index (χ4v) is 8.20. The second kappa shape index (κ2) is 14.5. The van der Waals surface area contributed by atoms with E-state index in [9.17, 15) is 32.0 Å². The number of nitrogens with zero attached hydrogens (tertiary/aromatic N) is 2. The highest BCUT2D eigenvalue weighted by atomic mass is 35.5. The van der Waals surface area contributed by atoms with E-state index < -0.39 is 69.3 Å². The maximum atomic E-state index is 14.3. The monoisotopic (exact) mass is 717 g/mol. The van der Waals surface area contributed by atoms with Gasteiger partial charge in [-0.15, -0.1) is 12.4 Å². The van der Waals surface area contributed by atoms with Gasteiger partial charge in [0.15, 0.2) is 0 Å². The zero-order valence-electron chi connectivity index (χ0n) is 27.1. The predicted octanol–water partition coefficient (Wildman–Crippen LogP) is 3.21. The molecule has 0 spiro atoms. The standard InChI is InChI=1S/C34H40FN5O7S.ClH/c1-21-10-7-8-15-29(21)48(45,46)38-32(43)34-17-23(34)12-5-3-2-4-6-14-27(36)31(42)40-19-24(16-28(40)30(41)37-34)47-33(44)39-18-22-11-9-13-26(35)25(22)20-39;/h5,7-13,15,23-24,27-28H,2-4,6,14,16-20,36H2,1H3,(H,37,41)(H,38,43);1H/b12-5-;/t23-,24-,27?,28+,34-;/m1./s1. The second-order valence-electron chi connectivity index (χ2n) is 13.1. The predicted molar refractivity (Wildman–Crippen MR) is 179 cm³/mol. The Morgan fingerprint density at radius 2 is 1.86 bits per heavy atom. The summed E-state index contributed by atoms with van der Waals surface area (Å²) in [6, 6.07) is 8.86. The van der Waals surface area contributed by atoms with Crippen molar-refractivity contribution in [3.63, 3.8) is 0 Å². The van der Waals surface area contributed by atoms with Crippen molar-refractivity contribution in [3.05, 3.63) is 77.1 Å². The molecule has 2 fully saturated rings. The van der Waals surface area contributed by atoms with Crippen molar-refractivity contribution < 1.29 is 36.7 Å². The lowest BCUT2D eigenvalue weighted by molar-refractivity contribution is -0.140. The molecule has 3 aliphatic heterocycles. The van der Waals surface area contributed by atoms with Gasteiger partial charge in [-0.3, -0.25) is 19.3 Å². The number of hydrogen-bond acceptors (Lipinski definition) is 8. The van der Waals surface area contributed by atoms with E-state index in [0.717, 1.165) is 12.8 Å². The number of fused-ring (bicyclic) bond motifs is 3. The molecule has 15 heteroatoms. The Balaban J connectivity index is 0.00000468. The molecule has 1 unspecified atom stereocenters. The van der Waals surface area contributed by atoms with E-state index in [1.165, 1.54) is 21.9 Å². The average Bonchev–Trinajstić information content (AvgIpc) is 3.34. The maximum Gasteiger partial charge on any atom is 0.410 e. The summed E-state index contributed by atoms with van der Waals surface area (Å²) in [6.07, 6.45) is 5.71. The molecule has 4 amide bonds. The van der Waals surface area contributed by atoms with Crippen LogP contribution in [0.2, 0.25) is 0 Å². The molecule has 264 valence electrons. The van der Waals surface area contributed by atoms with E-state index in [1.54, 1.807) is 37.3 Å². The number of benzene rings is 2. The first-order valence-electron chi connectivity index (χ1n) is 16.3. The molecule has 0 radical (unpaired) electrons. The number of amides is 4. The van der Waals surface area contributed by atoms with Crippen molar-refractivity contribution in [2.75, 3.05) is 6.54 Å². The number of carbonyl (C=O) groups is 4. The molecule has 6 rings (SSSR count). The lowest BCUT2D eigenvalue weighted by atomic mass is 10.1. The number of carbonyl (C=O) groups excluding carboxylic acids is 4. The van der Waals surface area contributed by atoms with Crippen LogP contribution in [0.25, 0.3) is 0 Å². The van der Waals surface area contributed by atoms with E-state index >= 15 is 0 Å². The van der Waals surface area contributed by atoms with Gasteiger partial charge in [-0.05, 0) is 55.9 Å². The van der Waals surface area contributed by atoms with Crippen molar-refractivity contribution in [2.24, 2.45) is 11.7 Å². The molecular weight excluding hydrogens is 677 g/mol. The van der Waals surface area contributed by atoms with Gasteiger partial charge in [0.2, 0.25) is 11.8 Å². The zero-order valence-corrected chi connectivity index (χ0v) is 28.7. The Morgan fingerprint density at radius 3 is 2.61 bits per heavy atom. The van der Waals surface area contributed by atoms with Gasteiger partial charge in [0.25, 0.3) is 15.9 Å². The first kappa shape index (κ1) is 36.3. The number of rotatable bonds is 4. The smallest absolute Gasteiger partial charge is 0.410 e. The van der Waals surface area contributed by atoms with Crippen molar-refractivity contribution in [3.8, 4) is 0 Å². The molecule has 3 heterocycles. The fraction of sp³-hybridized carbons (Fsp3) is 0.471. The fourth-order valence-electron chi connectivity index (χ4n) is 6.91. The van der Waals surface area contributed by atoms with Gasteiger partial charge in [0, 0.05) is 24.4 Å². The minimum atomic E-state index is -4.26. The minimum Gasteiger partial charge on any atom is -0.444 e. The van der Waals surface area contributed by atoms with E-state index in [0.29, 0.717) is 36.0 Å². The number of hydrogen-bond donors (Lipinski definition) is 3. The van der Waals surface area contributed by atoms with Gasteiger partial charge in [-0.1, -0.05) is 55.3 Å². The van der Waals surface area contributed by atoms with Gasteiger partial charge in [-0.25, -0.2) is 22.3 Å². The summed E-state index contributed by atoms with van der Waals surface area (Å²) in [5, 5.41) is 2.79. The van der Waals surface area contributed by atoms with Gasteiger partial charge in [0.1, 0.15) is 23.5 Å². The van der Waals surface area contributed by atoms with Crippen LogP contribution in [-0.2, 0) is 42.2 Å². The highest BCUT2D eigenvalue weighted by Gasteiger charge is 2.61. The van der Waals surface area contributed by atoms with Crippen LogP contribution in [0.5, 0.6) is 0 Å². The molecule has 4 N–H and O–H groups in total. The van der Waals surface area contributed by atoms with Gasteiger partial charge >= 0.3 is 6.09 Å². The molecule has 2 aromatic carbocycles. The van der Waals surface area contributed by atoms with Crippen LogP contribution in [0.15, 0.2) is 59.5 Å². The minimum absolute atomic E-state index is 0. The highest BCUT2D eigenvalue weighted by Crippen LogP contribution is 2.46. The van der Waals surface area contributed by atoms with Gasteiger partial charge in [-0.2, -0.15) is 0 Å². The molecule has 2 aromatic rings. The summed E-state index contributed by atoms with van der Waals surface area (Å²) in [5.74, 6) is -2.93. The summed E-state index contributed by atoms with van der Waals surface area (Å²) in [4.78, 5) is 57.1. The van der Waals surface area contributed by atoms with Crippen LogP contribution in [-0.4, -0.2) is 72.3 Å². The van der Waals surface area contributed by atoms with E-state index in [4.69, 9.17) is 10.5 Å². The Bertz CT molecular complexity index is 1770. The second-order valence-corrected chi connectivity index (χ2v) is 14.8. The molecule has 1 aliphatic carbocycles. The SMILES string of the molecule is Cc1ccccc1S(=O)(=O)NC(=O)[C@@]12C[C@H]1/C=C\CCCCCC(N)C(=O)N1C[C@H](OC(=O)N3Cc4cccc(F)c4C3)C[C@H]1C(=O)N2.Cl. The van der Waals surface area contributed by atoms with E-state index in [-0.39, 0.29) is 49.8 Å². The number of halogens is 2. The third-order valence-electron chi connectivity index (χ3n) is 9.75. The van der Waals surface area contributed by atoms with Crippen LogP contribution in [0.1, 0.15) is 61.6 Å². The first-order chi connectivity index (χ1) is 22.9. The summed E-state index contributed by atoms with van der Waals surface area (Å²) in [6.45, 7) is 1.71. The Labute approximate surface area is 291 Å². The van der Waals surface area contributed by atoms with Crippen LogP contribution in [0.3, 0.4) is 0 Å². The number of nitrogens with one attached hydrogen (secondary N) is 2. The molecular formula is C34H41ClFN5O7S. The quantitative estimate of drug-likeness (QED) is 0.406. The van der Waals surface area contributed by atoms with Gasteiger partial charge in [0.05, 0.1) is 24.0 Å². The number of nitrogens with two attached hydrogens (primary N) is 1. The number of ether oxygens (including phenoxy) is 1. The molecule has 1 saturated heterocycles. The maximum absolute atomic E-state index is 14.3. The molecule has 1 saturated carbocycles. The molecule has 4 aliphatic rings. The first-order valence-corrected chi connectivity index (χ1v) is 17.8. The van der Waals surface area contributed by atoms with Crippen LogP contribution >= 0.6 is 12.4 Å². The third-order valence-corrected chi connectivity index (χ3v) is 11.2. The molecule has 5 atom stereocenters. The Kier molecular flexibility index (Phi) is 10.7. The number of sulfonamides is 1. The highest BCUT2D eigenvalue weighted by molar-refractivity contribution is 7.90. The number of aryl methyl sites for hydroxylation is 1. The van der Waals surface area contributed by atoms with Crippen molar-refractivity contribution in [1.29, 1.82) is 0 Å². The normalized spacial score (nSPS) is 27.7. The van der Waals surface area contributed by atoms with Crippen LogP contribution < -0.4 is 15.8 Å². The van der Waals surface area contributed by atoms with Gasteiger partial charge < -0.3 is 20.7 Å². The Morgan fingerprint density at radius 1 is 1.08 bits per heavy atom. The number of allylic oxidation sites excluding steroid dienone is 1. The van der Waals surface area contributed by atoms with Crippen molar-refractivity contribution in [1.82, 2.24) is 19.8 Å². The summed E-state index contributed by atoms with van der Waals surface area (Å²) in [7, 11) is -4.26. The van der Waals surface area contributed by atoms with Crippen LogP contribution in [0, 0.1) is 18.7 Å². The molecule has 0 bridgehead atoms. The summed E-state index contributed by atoms with van der Waals surface area (Å²) >= 11 is 0. The summed E-state index contributed by atoms with van der Waals surface area (Å²) in [5.41, 5.74) is 6.27. The lowest BCUT2D eigenvalue weighted by Gasteiger charge is -2.28. The topological polar surface area (TPSA) is 168 Å². The molecule has 12 nitrogen and oxygen atoms in total. The third kappa shape index (κ3) is 7.46. The largest absolute Gasteiger partial charge is 0.444 e. The average molecular weight is 718 g/mol. The summed E-state index contributed by atoms with van der Waals surface area (Å²) < 4.78 is 48.7. The Hall–Kier alpha value is -4.01. The zero-order chi connectivity index (χ0) is 34.2. The van der Waals surface area contributed by atoms with Crippen molar-refractivity contribution in [2.45, 2.75) is 93.6 Å². The molecule has 0 aromatic heterocycles. The lowest BCUT2D eigenvalue weighted by Crippen LogP contribution is -2.57.